The molecule has 7 heteroatoms. The van der Waals surface area contributed by atoms with Crippen LogP contribution >= 0.6 is 11.3 Å². The van der Waals surface area contributed by atoms with Crippen LogP contribution in [0.15, 0.2) is 54.9 Å². The number of thiazole rings is 1. The van der Waals surface area contributed by atoms with Crippen molar-refractivity contribution in [1.82, 2.24) is 4.98 Å². The van der Waals surface area contributed by atoms with Gasteiger partial charge in [-0.1, -0.05) is 25.3 Å². The highest BCUT2D eigenvalue weighted by Gasteiger charge is 2.14. The minimum atomic E-state index is -0.876. The minimum absolute atomic E-state index is 0.0132. The summed E-state index contributed by atoms with van der Waals surface area (Å²) in [6.45, 7) is 7.95. The van der Waals surface area contributed by atoms with Gasteiger partial charge in [0.05, 0.1) is 17.7 Å². The fraction of sp³-hybridized carbons (Fsp3) is 0.231. The first-order chi connectivity index (χ1) is 15.9. The van der Waals surface area contributed by atoms with Crippen molar-refractivity contribution < 1.29 is 23.8 Å². The number of rotatable bonds is 11. The quantitative estimate of drug-likeness (QED) is 0.394. The molecule has 0 atom stereocenters. The number of ether oxygens (including phenoxy) is 2. The second kappa shape index (κ2) is 11.4. The summed E-state index contributed by atoms with van der Waals surface area (Å²) in [6, 6.07) is 5.52. The molecule has 0 unspecified atom stereocenters. The number of halogens is 1. The maximum Gasteiger partial charge on any atom is 0.303 e. The first-order valence-electron chi connectivity index (χ1n) is 10.5. The number of hydrogen-bond donors (Lipinski definition) is 1. The summed E-state index contributed by atoms with van der Waals surface area (Å²) in [5.41, 5.74) is 3.37. The molecule has 0 saturated carbocycles. The molecule has 3 rings (SSSR count). The van der Waals surface area contributed by atoms with Crippen molar-refractivity contribution in [3.63, 3.8) is 0 Å². The van der Waals surface area contributed by atoms with Gasteiger partial charge in [0.15, 0.2) is 11.5 Å². The zero-order valence-corrected chi connectivity index (χ0v) is 19.3. The first-order valence-corrected chi connectivity index (χ1v) is 11.3. The Morgan fingerprint density at radius 1 is 1.21 bits per heavy atom. The number of carboxylic acid groups (broad SMARTS) is 1. The van der Waals surface area contributed by atoms with Crippen molar-refractivity contribution in [2.24, 2.45) is 0 Å². The van der Waals surface area contributed by atoms with Crippen LogP contribution in [-0.4, -0.2) is 29.8 Å². The Morgan fingerprint density at radius 3 is 2.64 bits per heavy atom. The molecule has 2 aromatic rings. The van der Waals surface area contributed by atoms with Gasteiger partial charge in [-0.05, 0) is 66.0 Å². The number of carboxylic acids is 1. The van der Waals surface area contributed by atoms with E-state index >= 15 is 0 Å². The van der Waals surface area contributed by atoms with Gasteiger partial charge in [0.25, 0.3) is 0 Å². The average molecular weight is 468 g/mol. The number of aromatic nitrogens is 1. The third kappa shape index (κ3) is 6.52. The Labute approximate surface area is 196 Å². The summed E-state index contributed by atoms with van der Waals surface area (Å²) in [5, 5.41) is 9.91. The van der Waals surface area contributed by atoms with E-state index in [1.807, 2.05) is 24.3 Å². The van der Waals surface area contributed by atoms with Crippen LogP contribution in [0.5, 0.6) is 11.5 Å². The molecule has 0 spiro atoms. The van der Waals surface area contributed by atoms with E-state index in [0.717, 1.165) is 32.3 Å². The number of allylic oxidation sites excluding steroid dienone is 4. The Balaban J connectivity index is 1.87. The lowest BCUT2D eigenvalue weighted by Crippen LogP contribution is -2.04. The summed E-state index contributed by atoms with van der Waals surface area (Å²) in [7, 11) is 1.56. The largest absolute Gasteiger partial charge is 0.493 e. The zero-order chi connectivity index (χ0) is 23.8. The van der Waals surface area contributed by atoms with Crippen molar-refractivity contribution >= 4 is 41.1 Å². The SMILES string of the molecule is C=Cc1nc(/C(=C/c2ccc(OCC3=CC=C(F)CC3)c(OC)c2)CCC(=O)O)sc1C=C. The van der Waals surface area contributed by atoms with Crippen molar-refractivity contribution in [2.45, 2.75) is 25.7 Å². The Morgan fingerprint density at radius 2 is 2.03 bits per heavy atom. The standard InChI is InChI=1S/C26H26FNO4S/c1-4-21-24(5-2)33-26(28-21)19(9-13-25(29)30)14-18-8-12-22(23(15-18)31-3)32-16-17-6-10-20(27)11-7-17/h4-6,8,10,12,14-15H,1-2,7,9,11,13,16H2,3H3,(H,29,30)/b19-14+. The van der Waals surface area contributed by atoms with E-state index in [1.54, 1.807) is 25.3 Å². The summed E-state index contributed by atoms with van der Waals surface area (Å²) < 4.78 is 24.6. The number of aliphatic carboxylic acids is 1. The van der Waals surface area contributed by atoms with E-state index in [9.17, 15) is 14.3 Å². The van der Waals surface area contributed by atoms with Gasteiger partial charge in [-0.15, -0.1) is 11.3 Å². The molecule has 0 bridgehead atoms. The average Bonchev–Trinajstić information content (AvgIpc) is 3.25. The third-order valence-electron chi connectivity index (χ3n) is 5.07. The second-order valence-electron chi connectivity index (χ2n) is 7.38. The van der Waals surface area contributed by atoms with E-state index in [1.165, 1.54) is 17.4 Å². The van der Waals surface area contributed by atoms with Gasteiger partial charge >= 0.3 is 5.97 Å². The van der Waals surface area contributed by atoms with E-state index in [0.29, 0.717) is 37.4 Å². The molecule has 1 aliphatic rings. The Hall–Kier alpha value is -3.45. The molecule has 0 fully saturated rings. The molecule has 1 aliphatic carbocycles. The van der Waals surface area contributed by atoms with Crippen LogP contribution in [0.4, 0.5) is 4.39 Å². The highest BCUT2D eigenvalue weighted by molar-refractivity contribution is 7.13. The summed E-state index contributed by atoms with van der Waals surface area (Å²) in [5.74, 6) is 0.136. The van der Waals surface area contributed by atoms with Gasteiger partial charge in [-0.25, -0.2) is 9.37 Å². The van der Waals surface area contributed by atoms with Crippen LogP contribution in [0.25, 0.3) is 23.8 Å². The van der Waals surface area contributed by atoms with Crippen LogP contribution in [-0.2, 0) is 4.79 Å². The molecule has 5 nitrogen and oxygen atoms in total. The molecular formula is C26H26FNO4S. The maximum atomic E-state index is 13.2. The molecular weight excluding hydrogens is 441 g/mol. The van der Waals surface area contributed by atoms with Gasteiger partial charge in [-0.3, -0.25) is 4.79 Å². The smallest absolute Gasteiger partial charge is 0.303 e. The van der Waals surface area contributed by atoms with Crippen LogP contribution in [0.3, 0.4) is 0 Å². The predicted molar refractivity (Wildman–Crippen MR) is 132 cm³/mol. The molecule has 0 saturated heterocycles. The van der Waals surface area contributed by atoms with Crippen LogP contribution in [0, 0.1) is 0 Å². The molecule has 1 N–H and O–H groups in total. The molecule has 0 aliphatic heterocycles. The monoisotopic (exact) mass is 467 g/mol. The summed E-state index contributed by atoms with van der Waals surface area (Å²) in [4.78, 5) is 16.7. The van der Waals surface area contributed by atoms with E-state index in [-0.39, 0.29) is 12.2 Å². The first kappa shape index (κ1) is 24.2. The zero-order valence-electron chi connectivity index (χ0n) is 18.5. The van der Waals surface area contributed by atoms with Gasteiger partial charge in [0, 0.05) is 12.8 Å². The summed E-state index contributed by atoms with van der Waals surface area (Å²) >= 11 is 1.45. The normalized spacial score (nSPS) is 13.7. The van der Waals surface area contributed by atoms with Gasteiger partial charge in [0.1, 0.15) is 17.4 Å². The Kier molecular flexibility index (Phi) is 8.38. The van der Waals surface area contributed by atoms with Crippen LogP contribution in [0.1, 0.15) is 46.8 Å². The number of benzene rings is 1. The lowest BCUT2D eigenvalue weighted by molar-refractivity contribution is -0.136. The van der Waals surface area contributed by atoms with Crippen LogP contribution in [0.2, 0.25) is 0 Å². The second-order valence-corrected chi connectivity index (χ2v) is 8.41. The summed E-state index contributed by atoms with van der Waals surface area (Å²) in [6.07, 6.45) is 9.85. The fourth-order valence-corrected chi connectivity index (χ4v) is 4.26. The molecule has 0 amide bonds. The van der Waals surface area contributed by atoms with Gasteiger partial charge < -0.3 is 14.6 Å². The van der Waals surface area contributed by atoms with E-state index < -0.39 is 5.97 Å². The maximum absolute atomic E-state index is 13.2. The molecule has 1 aromatic heterocycles. The molecule has 172 valence electrons. The lowest BCUT2D eigenvalue weighted by atomic mass is 10.1. The fourth-order valence-electron chi connectivity index (χ4n) is 3.30. The van der Waals surface area contributed by atoms with Crippen molar-refractivity contribution in [3.8, 4) is 11.5 Å². The number of nitrogens with zero attached hydrogens (tertiary/aromatic N) is 1. The predicted octanol–water partition coefficient (Wildman–Crippen LogP) is 6.80. The number of methoxy groups -OCH3 is 1. The molecule has 33 heavy (non-hydrogen) atoms. The van der Waals surface area contributed by atoms with Crippen molar-refractivity contribution in [1.29, 1.82) is 0 Å². The van der Waals surface area contributed by atoms with Crippen molar-refractivity contribution in [2.75, 3.05) is 13.7 Å². The topological polar surface area (TPSA) is 68.7 Å². The number of carbonyl (C=O) groups is 1. The lowest BCUT2D eigenvalue weighted by Gasteiger charge is -2.15. The van der Waals surface area contributed by atoms with Gasteiger partial charge in [0.2, 0.25) is 0 Å². The highest BCUT2D eigenvalue weighted by Crippen LogP contribution is 2.34. The van der Waals surface area contributed by atoms with Crippen LogP contribution < -0.4 is 9.47 Å². The van der Waals surface area contributed by atoms with Crippen molar-refractivity contribution in [3.05, 3.63) is 76.1 Å². The molecule has 0 radical (unpaired) electrons. The Bertz CT molecular complexity index is 1120. The minimum Gasteiger partial charge on any atom is -0.493 e. The molecule has 1 aromatic carbocycles. The van der Waals surface area contributed by atoms with E-state index in [4.69, 9.17) is 9.47 Å². The van der Waals surface area contributed by atoms with Gasteiger partial charge in [-0.2, -0.15) is 0 Å². The van der Waals surface area contributed by atoms with E-state index in [2.05, 4.69) is 18.1 Å². The molecule has 1 heterocycles. The number of hydrogen-bond acceptors (Lipinski definition) is 5. The third-order valence-corrected chi connectivity index (χ3v) is 6.21. The highest BCUT2D eigenvalue weighted by atomic mass is 32.1.